The van der Waals surface area contributed by atoms with E-state index in [0.717, 1.165) is 11.3 Å². The third kappa shape index (κ3) is 4.08. The van der Waals surface area contributed by atoms with Gasteiger partial charge < -0.3 is 10.6 Å². The van der Waals surface area contributed by atoms with Crippen molar-refractivity contribution in [1.29, 1.82) is 0 Å². The number of carbonyl (C=O) groups is 2. The molecular weight excluding hydrogens is 498 g/mol. The van der Waals surface area contributed by atoms with Crippen molar-refractivity contribution in [3.63, 3.8) is 0 Å². The number of benzene rings is 1. The molecule has 0 radical (unpaired) electrons. The molecule has 0 aromatic heterocycles. The lowest BCUT2D eigenvalue weighted by Gasteiger charge is -2.52. The fourth-order valence-corrected chi connectivity index (χ4v) is 6.95. The van der Waals surface area contributed by atoms with Crippen LogP contribution in [0.25, 0.3) is 0 Å². The van der Waals surface area contributed by atoms with Crippen molar-refractivity contribution >= 4 is 17.5 Å². The van der Waals surface area contributed by atoms with E-state index in [-0.39, 0.29) is 17.7 Å². The van der Waals surface area contributed by atoms with Crippen molar-refractivity contribution in [2.75, 3.05) is 5.32 Å². The standard InChI is InChI=1S/C27H26F6N2O2/c1-24-11-9-17-15(4-8-21-25(17,2)12-10-22(36)35-21)16(24)6-7-19(24)23(37)34-20-13-14(26(28,29)30)3-5-18(20)27(31,32)33/h3-5,8,10,12-13,16-17,19H,6-7,9,11H2,1-2H3,(H,34,37)(H,35,36)/t16?,17?,19-,24+,25-/m1/s1. The van der Waals surface area contributed by atoms with Gasteiger partial charge in [-0.1, -0.05) is 24.6 Å². The van der Waals surface area contributed by atoms with Crippen LogP contribution in [0.3, 0.4) is 0 Å². The average Bonchev–Trinajstić information content (AvgIpc) is 3.15. The summed E-state index contributed by atoms with van der Waals surface area (Å²) in [5.41, 5.74) is -2.46. The third-order valence-electron chi connectivity index (χ3n) is 8.92. The molecular formula is C27H26F6N2O2. The Morgan fingerprint density at radius 3 is 2.41 bits per heavy atom. The Balaban J connectivity index is 1.44. The zero-order chi connectivity index (χ0) is 27.0. The van der Waals surface area contributed by atoms with Crippen LogP contribution in [0, 0.1) is 28.6 Å². The molecule has 2 amide bonds. The summed E-state index contributed by atoms with van der Waals surface area (Å²) in [5.74, 6) is -1.45. The molecule has 1 aliphatic heterocycles. The van der Waals surface area contributed by atoms with Gasteiger partial charge in [0.05, 0.1) is 16.8 Å². The van der Waals surface area contributed by atoms with Crippen molar-refractivity contribution in [1.82, 2.24) is 5.32 Å². The highest BCUT2D eigenvalue weighted by atomic mass is 19.4. The quantitative estimate of drug-likeness (QED) is 0.427. The molecule has 10 heteroatoms. The summed E-state index contributed by atoms with van der Waals surface area (Å²) < 4.78 is 80.3. The Morgan fingerprint density at radius 2 is 1.73 bits per heavy atom. The molecule has 5 atom stereocenters. The molecule has 0 spiro atoms. The molecule has 3 aliphatic carbocycles. The normalized spacial score (nSPS) is 33.0. The average molecular weight is 525 g/mol. The van der Waals surface area contributed by atoms with Gasteiger partial charge in [0, 0.05) is 23.1 Å². The van der Waals surface area contributed by atoms with Gasteiger partial charge in [-0.3, -0.25) is 9.59 Å². The van der Waals surface area contributed by atoms with Crippen molar-refractivity contribution in [3.8, 4) is 0 Å². The summed E-state index contributed by atoms with van der Waals surface area (Å²) in [4.78, 5) is 25.2. The van der Waals surface area contributed by atoms with Gasteiger partial charge in [-0.05, 0) is 74.1 Å². The maximum Gasteiger partial charge on any atom is 0.418 e. The number of carbonyl (C=O) groups excluding carboxylic acids is 2. The van der Waals surface area contributed by atoms with Gasteiger partial charge in [-0.2, -0.15) is 26.3 Å². The minimum Gasteiger partial charge on any atom is -0.325 e. The number of halogens is 6. The number of amides is 2. The van der Waals surface area contributed by atoms with Crippen molar-refractivity contribution in [2.24, 2.45) is 28.6 Å². The molecule has 4 nitrogen and oxygen atoms in total. The maximum absolute atomic E-state index is 13.6. The smallest absolute Gasteiger partial charge is 0.325 e. The molecule has 1 aromatic carbocycles. The highest BCUT2D eigenvalue weighted by Gasteiger charge is 2.57. The Labute approximate surface area is 209 Å². The minimum absolute atomic E-state index is 0.00810. The second-order valence-electron chi connectivity index (χ2n) is 10.9. The fourth-order valence-electron chi connectivity index (χ4n) is 6.95. The van der Waals surface area contributed by atoms with E-state index in [1.54, 1.807) is 0 Å². The van der Waals surface area contributed by atoms with Gasteiger partial charge in [0.15, 0.2) is 0 Å². The molecule has 2 saturated carbocycles. The van der Waals surface area contributed by atoms with Crippen LogP contribution >= 0.6 is 0 Å². The van der Waals surface area contributed by atoms with Crippen LogP contribution in [-0.4, -0.2) is 11.8 Å². The predicted molar refractivity (Wildman–Crippen MR) is 124 cm³/mol. The predicted octanol–water partition coefficient (Wildman–Crippen LogP) is 6.62. The second-order valence-corrected chi connectivity index (χ2v) is 10.9. The van der Waals surface area contributed by atoms with Crippen molar-refractivity contribution in [3.05, 3.63) is 64.9 Å². The number of allylic oxidation sites excluding steroid dienone is 4. The number of nitrogens with one attached hydrogen (secondary N) is 2. The van der Waals surface area contributed by atoms with Gasteiger partial charge in [0.25, 0.3) is 0 Å². The highest BCUT2D eigenvalue weighted by Crippen LogP contribution is 2.63. The lowest BCUT2D eigenvalue weighted by atomic mass is 9.53. The molecule has 1 aromatic rings. The van der Waals surface area contributed by atoms with Crippen LogP contribution in [0.15, 0.2) is 53.8 Å². The molecule has 5 rings (SSSR count). The number of anilines is 1. The first-order valence-electron chi connectivity index (χ1n) is 12.2. The largest absolute Gasteiger partial charge is 0.418 e. The number of alkyl halides is 6. The van der Waals surface area contributed by atoms with E-state index in [0.29, 0.717) is 43.9 Å². The minimum atomic E-state index is -4.93. The molecule has 1 heterocycles. The fraction of sp³-hybridized carbons (Fsp3) is 0.481. The summed E-state index contributed by atoms with van der Waals surface area (Å²) in [6.45, 7) is 4.00. The topological polar surface area (TPSA) is 58.2 Å². The van der Waals surface area contributed by atoms with E-state index < -0.39 is 51.8 Å². The third-order valence-corrected chi connectivity index (χ3v) is 8.92. The van der Waals surface area contributed by atoms with E-state index in [4.69, 9.17) is 0 Å². The molecule has 198 valence electrons. The van der Waals surface area contributed by atoms with E-state index in [1.807, 2.05) is 25.2 Å². The number of rotatable bonds is 2. The monoisotopic (exact) mass is 524 g/mol. The molecule has 0 bridgehead atoms. The number of hydrogen-bond donors (Lipinski definition) is 2. The molecule has 2 fully saturated rings. The highest BCUT2D eigenvalue weighted by molar-refractivity contribution is 5.94. The molecule has 0 saturated heterocycles. The van der Waals surface area contributed by atoms with Gasteiger partial charge in [-0.15, -0.1) is 0 Å². The van der Waals surface area contributed by atoms with Crippen molar-refractivity contribution < 1.29 is 35.9 Å². The summed E-state index contributed by atoms with van der Waals surface area (Å²) >= 11 is 0. The SMILES string of the molecule is C[C@]12C=CC(=O)NC1=CC=C1C2CC[C@@]2(C)C1CC[C@@H]2C(=O)Nc1cc(C(F)(F)F)ccc1C(F)(F)F. The molecule has 2 unspecified atom stereocenters. The van der Waals surface area contributed by atoms with Crippen LogP contribution in [0.5, 0.6) is 0 Å². The summed E-state index contributed by atoms with van der Waals surface area (Å²) in [5, 5.41) is 5.11. The maximum atomic E-state index is 13.6. The van der Waals surface area contributed by atoms with Crippen LogP contribution in [-0.2, 0) is 21.9 Å². The van der Waals surface area contributed by atoms with Crippen LogP contribution < -0.4 is 10.6 Å². The number of hydrogen-bond acceptors (Lipinski definition) is 2. The molecule has 4 aliphatic rings. The first-order valence-corrected chi connectivity index (χ1v) is 12.2. The summed E-state index contributed by atoms with van der Waals surface area (Å²) in [6.07, 6.45) is -0.112. The van der Waals surface area contributed by atoms with Gasteiger partial charge in [0.1, 0.15) is 0 Å². The van der Waals surface area contributed by atoms with E-state index >= 15 is 0 Å². The zero-order valence-corrected chi connectivity index (χ0v) is 20.2. The molecule has 37 heavy (non-hydrogen) atoms. The van der Waals surface area contributed by atoms with Crippen LogP contribution in [0.4, 0.5) is 32.0 Å². The lowest BCUT2D eigenvalue weighted by Crippen LogP contribution is -2.48. The first-order chi connectivity index (χ1) is 17.1. The van der Waals surface area contributed by atoms with Gasteiger partial charge in [0.2, 0.25) is 11.8 Å². The van der Waals surface area contributed by atoms with Crippen LogP contribution in [0.2, 0.25) is 0 Å². The van der Waals surface area contributed by atoms with E-state index in [2.05, 4.69) is 17.6 Å². The zero-order valence-electron chi connectivity index (χ0n) is 20.2. The second kappa shape index (κ2) is 8.23. The Hall–Kier alpha value is -3.04. The Kier molecular flexibility index (Phi) is 5.69. The van der Waals surface area contributed by atoms with E-state index in [9.17, 15) is 35.9 Å². The Bertz CT molecular complexity index is 1260. The lowest BCUT2D eigenvalue weighted by molar-refractivity contribution is -0.141. The summed E-state index contributed by atoms with van der Waals surface area (Å²) in [7, 11) is 0. The summed E-state index contributed by atoms with van der Waals surface area (Å²) in [6, 6.07) is 1.08. The first kappa shape index (κ1) is 25.6. The Morgan fingerprint density at radius 1 is 1.00 bits per heavy atom. The molecule has 2 N–H and O–H groups in total. The van der Waals surface area contributed by atoms with Gasteiger partial charge in [-0.25, -0.2) is 0 Å². The van der Waals surface area contributed by atoms with Gasteiger partial charge >= 0.3 is 12.4 Å². The van der Waals surface area contributed by atoms with Crippen molar-refractivity contribution in [2.45, 2.75) is 51.9 Å². The number of fused-ring (bicyclic) bond motifs is 5. The van der Waals surface area contributed by atoms with Crippen LogP contribution in [0.1, 0.15) is 50.7 Å². The van der Waals surface area contributed by atoms with E-state index in [1.165, 1.54) is 6.08 Å².